The van der Waals surface area contributed by atoms with Gasteiger partial charge in [0.1, 0.15) is 0 Å². The van der Waals surface area contributed by atoms with E-state index in [0.717, 1.165) is 25.7 Å². The first-order chi connectivity index (χ1) is 7.60. The van der Waals surface area contributed by atoms with E-state index < -0.39 is 5.60 Å². The van der Waals surface area contributed by atoms with E-state index in [2.05, 4.69) is 5.32 Å². The predicted octanol–water partition coefficient (Wildman–Crippen LogP) is 2.48. The maximum Gasteiger partial charge on any atom is 0.225 e. The van der Waals surface area contributed by atoms with Gasteiger partial charge in [0.05, 0.1) is 5.60 Å². The molecule has 0 aliphatic heterocycles. The fourth-order valence-corrected chi connectivity index (χ4v) is 2.35. The second-order valence-corrected chi connectivity index (χ2v) is 6.93. The molecule has 1 rings (SSSR count). The molecule has 1 aliphatic carbocycles. The lowest BCUT2D eigenvalue weighted by molar-refractivity contribution is -0.129. The standard InChI is InChI=1S/C14H27NO2/c1-13(2,3)12(16)15-11-8-6-10(7-9-11)14(4,5)17/h10-11,17H,6-9H2,1-5H3,(H,15,16). The normalized spacial score (nSPS) is 26.7. The number of rotatable bonds is 2. The summed E-state index contributed by atoms with van der Waals surface area (Å²) in [6, 6.07) is 0.292. The Kier molecular flexibility index (Phi) is 4.23. The van der Waals surface area contributed by atoms with Gasteiger partial charge in [0.15, 0.2) is 0 Å². The van der Waals surface area contributed by atoms with E-state index in [1.54, 1.807) is 0 Å². The summed E-state index contributed by atoms with van der Waals surface area (Å²) in [4.78, 5) is 11.9. The molecular formula is C14H27NO2. The topological polar surface area (TPSA) is 49.3 Å². The third-order valence-corrected chi connectivity index (χ3v) is 3.74. The maximum atomic E-state index is 11.9. The van der Waals surface area contributed by atoms with Crippen LogP contribution < -0.4 is 5.32 Å². The summed E-state index contributed by atoms with van der Waals surface area (Å²) in [6.45, 7) is 9.57. The van der Waals surface area contributed by atoms with Gasteiger partial charge in [0.25, 0.3) is 0 Å². The molecule has 0 unspecified atom stereocenters. The third-order valence-electron chi connectivity index (χ3n) is 3.74. The van der Waals surface area contributed by atoms with Crippen LogP contribution >= 0.6 is 0 Å². The highest BCUT2D eigenvalue weighted by molar-refractivity contribution is 5.81. The first kappa shape index (κ1) is 14.5. The van der Waals surface area contributed by atoms with E-state index in [1.807, 2.05) is 34.6 Å². The summed E-state index contributed by atoms with van der Waals surface area (Å²) in [6.07, 6.45) is 3.96. The number of carbonyl (C=O) groups is 1. The average Bonchev–Trinajstić information content (AvgIpc) is 2.15. The zero-order chi connectivity index (χ0) is 13.3. The summed E-state index contributed by atoms with van der Waals surface area (Å²) in [5.74, 6) is 0.495. The smallest absolute Gasteiger partial charge is 0.225 e. The molecule has 0 aromatic rings. The lowest BCUT2D eigenvalue weighted by atomic mass is 9.77. The van der Waals surface area contributed by atoms with Gasteiger partial charge < -0.3 is 10.4 Å². The van der Waals surface area contributed by atoms with Crippen molar-refractivity contribution in [3.63, 3.8) is 0 Å². The number of hydrogen-bond donors (Lipinski definition) is 2. The van der Waals surface area contributed by atoms with Crippen LogP contribution in [0.3, 0.4) is 0 Å². The Balaban J connectivity index is 2.41. The van der Waals surface area contributed by atoms with Gasteiger partial charge in [-0.05, 0) is 45.4 Å². The Morgan fingerprint density at radius 3 is 1.88 bits per heavy atom. The van der Waals surface area contributed by atoms with Crippen LogP contribution in [-0.4, -0.2) is 22.7 Å². The van der Waals surface area contributed by atoms with Crippen molar-refractivity contribution in [2.24, 2.45) is 11.3 Å². The summed E-state index contributed by atoms with van der Waals surface area (Å²) >= 11 is 0. The molecule has 0 radical (unpaired) electrons. The van der Waals surface area contributed by atoms with Crippen molar-refractivity contribution in [2.75, 3.05) is 0 Å². The fraction of sp³-hybridized carbons (Fsp3) is 0.929. The van der Waals surface area contributed by atoms with Crippen molar-refractivity contribution in [3.8, 4) is 0 Å². The second kappa shape index (κ2) is 4.97. The Morgan fingerprint density at radius 1 is 1.06 bits per heavy atom. The van der Waals surface area contributed by atoms with Crippen LogP contribution in [0.2, 0.25) is 0 Å². The number of carbonyl (C=O) groups excluding carboxylic acids is 1. The van der Waals surface area contributed by atoms with Crippen molar-refractivity contribution in [1.82, 2.24) is 5.32 Å². The summed E-state index contributed by atoms with van der Waals surface area (Å²) < 4.78 is 0. The van der Waals surface area contributed by atoms with Crippen LogP contribution in [-0.2, 0) is 4.79 Å². The molecule has 0 bridgehead atoms. The molecule has 0 heterocycles. The Bertz CT molecular complexity index is 265. The van der Waals surface area contributed by atoms with E-state index >= 15 is 0 Å². The quantitative estimate of drug-likeness (QED) is 0.780. The van der Waals surface area contributed by atoms with Crippen LogP contribution in [0, 0.1) is 11.3 Å². The molecule has 100 valence electrons. The molecule has 0 spiro atoms. The number of amides is 1. The van der Waals surface area contributed by atoms with Crippen LogP contribution in [0.5, 0.6) is 0 Å². The molecule has 0 aromatic heterocycles. The van der Waals surface area contributed by atoms with Crippen molar-refractivity contribution in [1.29, 1.82) is 0 Å². The van der Waals surface area contributed by atoms with Gasteiger partial charge in [0.2, 0.25) is 5.91 Å². The van der Waals surface area contributed by atoms with Gasteiger partial charge in [0, 0.05) is 11.5 Å². The van der Waals surface area contributed by atoms with E-state index in [4.69, 9.17) is 0 Å². The van der Waals surface area contributed by atoms with Crippen LogP contribution in [0.1, 0.15) is 60.3 Å². The molecule has 2 N–H and O–H groups in total. The van der Waals surface area contributed by atoms with Crippen molar-refractivity contribution in [3.05, 3.63) is 0 Å². The third kappa shape index (κ3) is 4.30. The molecule has 1 aliphatic rings. The first-order valence-corrected chi connectivity index (χ1v) is 6.64. The summed E-state index contributed by atoms with van der Waals surface area (Å²) in [5.41, 5.74) is -0.897. The molecule has 1 saturated carbocycles. The SMILES string of the molecule is CC(C)(C)C(=O)NC1CCC(C(C)(C)O)CC1. The van der Waals surface area contributed by atoms with Crippen molar-refractivity contribution < 1.29 is 9.90 Å². The van der Waals surface area contributed by atoms with Gasteiger partial charge >= 0.3 is 0 Å². The Labute approximate surface area is 105 Å². The Hall–Kier alpha value is -0.570. The minimum atomic E-state index is -0.584. The largest absolute Gasteiger partial charge is 0.390 e. The van der Waals surface area contributed by atoms with Gasteiger partial charge in [-0.25, -0.2) is 0 Å². The van der Waals surface area contributed by atoms with Crippen LogP contribution in [0.25, 0.3) is 0 Å². The van der Waals surface area contributed by atoms with E-state index in [0.29, 0.717) is 12.0 Å². The summed E-state index contributed by atoms with van der Waals surface area (Å²) in [5, 5.41) is 13.1. The monoisotopic (exact) mass is 241 g/mol. The first-order valence-electron chi connectivity index (χ1n) is 6.64. The molecule has 17 heavy (non-hydrogen) atoms. The minimum Gasteiger partial charge on any atom is -0.390 e. The highest BCUT2D eigenvalue weighted by Crippen LogP contribution is 2.32. The molecule has 0 saturated heterocycles. The zero-order valence-corrected chi connectivity index (χ0v) is 11.8. The lowest BCUT2D eigenvalue weighted by Gasteiger charge is -2.36. The van der Waals surface area contributed by atoms with E-state index in [9.17, 15) is 9.90 Å². The van der Waals surface area contributed by atoms with Crippen LogP contribution in [0.4, 0.5) is 0 Å². The van der Waals surface area contributed by atoms with Gasteiger partial charge in [-0.1, -0.05) is 20.8 Å². The molecule has 1 fully saturated rings. The Morgan fingerprint density at radius 2 is 1.53 bits per heavy atom. The lowest BCUT2D eigenvalue weighted by Crippen LogP contribution is -2.45. The second-order valence-electron chi connectivity index (χ2n) is 6.93. The molecular weight excluding hydrogens is 214 g/mol. The molecule has 1 amide bonds. The van der Waals surface area contributed by atoms with Crippen molar-refractivity contribution in [2.45, 2.75) is 71.9 Å². The van der Waals surface area contributed by atoms with E-state index in [-0.39, 0.29) is 11.3 Å². The zero-order valence-electron chi connectivity index (χ0n) is 11.8. The number of nitrogens with one attached hydrogen (secondary N) is 1. The fourth-order valence-electron chi connectivity index (χ4n) is 2.35. The molecule has 0 atom stereocenters. The molecule has 3 heteroatoms. The van der Waals surface area contributed by atoms with Crippen LogP contribution in [0.15, 0.2) is 0 Å². The predicted molar refractivity (Wildman–Crippen MR) is 69.6 cm³/mol. The van der Waals surface area contributed by atoms with E-state index in [1.165, 1.54) is 0 Å². The highest BCUT2D eigenvalue weighted by Gasteiger charge is 2.32. The highest BCUT2D eigenvalue weighted by atomic mass is 16.3. The number of aliphatic hydroxyl groups is 1. The number of hydrogen-bond acceptors (Lipinski definition) is 2. The minimum absolute atomic E-state index is 0.129. The molecule has 0 aromatic carbocycles. The van der Waals surface area contributed by atoms with Gasteiger partial charge in [-0.15, -0.1) is 0 Å². The summed E-state index contributed by atoms with van der Waals surface area (Å²) in [7, 11) is 0. The van der Waals surface area contributed by atoms with Gasteiger partial charge in [-0.2, -0.15) is 0 Å². The van der Waals surface area contributed by atoms with Gasteiger partial charge in [-0.3, -0.25) is 4.79 Å². The van der Waals surface area contributed by atoms with Crippen molar-refractivity contribution >= 4 is 5.91 Å². The molecule has 3 nitrogen and oxygen atoms in total. The maximum absolute atomic E-state index is 11.9. The average molecular weight is 241 g/mol.